The standard InChI is InChI=1S/C17H22N4O3S2/c1-13-6-9-21(10-7-13)12-16(22)19-14-2-4-15(5-3-14)26(23,24)20-17-18-8-11-25-17/h2-5,8,11,13H,6-7,9-10,12H2,1H3,(H,18,20)(H,19,22). The second-order valence-corrected chi connectivity index (χ2v) is 9.05. The van der Waals surface area contributed by atoms with Gasteiger partial charge in [0.1, 0.15) is 0 Å². The van der Waals surface area contributed by atoms with Gasteiger partial charge in [0, 0.05) is 17.3 Å². The zero-order valence-corrected chi connectivity index (χ0v) is 16.1. The van der Waals surface area contributed by atoms with E-state index in [9.17, 15) is 13.2 Å². The molecule has 0 spiro atoms. The molecule has 1 aromatic heterocycles. The van der Waals surface area contributed by atoms with E-state index in [1.54, 1.807) is 17.5 Å². The lowest BCUT2D eigenvalue weighted by Crippen LogP contribution is -2.38. The van der Waals surface area contributed by atoms with Gasteiger partial charge in [-0.2, -0.15) is 0 Å². The molecule has 0 aliphatic carbocycles. The molecule has 1 aliphatic heterocycles. The topological polar surface area (TPSA) is 91.4 Å². The predicted molar refractivity (Wildman–Crippen MR) is 103 cm³/mol. The first-order chi connectivity index (χ1) is 12.4. The van der Waals surface area contributed by atoms with Crippen LogP contribution in [0.25, 0.3) is 0 Å². The van der Waals surface area contributed by atoms with Crippen molar-refractivity contribution >= 4 is 38.1 Å². The molecule has 7 nitrogen and oxygen atoms in total. The fraction of sp³-hybridized carbons (Fsp3) is 0.412. The quantitative estimate of drug-likeness (QED) is 0.786. The van der Waals surface area contributed by atoms with Crippen molar-refractivity contribution in [2.45, 2.75) is 24.7 Å². The van der Waals surface area contributed by atoms with Crippen molar-refractivity contribution in [1.82, 2.24) is 9.88 Å². The van der Waals surface area contributed by atoms with E-state index in [-0.39, 0.29) is 10.8 Å². The van der Waals surface area contributed by atoms with Crippen LogP contribution in [0.4, 0.5) is 10.8 Å². The number of hydrogen-bond donors (Lipinski definition) is 2. The van der Waals surface area contributed by atoms with Crippen LogP contribution in [0.1, 0.15) is 19.8 Å². The van der Waals surface area contributed by atoms with Gasteiger partial charge in [-0.1, -0.05) is 6.92 Å². The van der Waals surface area contributed by atoms with Crippen LogP contribution in [0.15, 0.2) is 40.7 Å². The molecule has 26 heavy (non-hydrogen) atoms. The lowest BCUT2D eigenvalue weighted by molar-refractivity contribution is -0.117. The Morgan fingerprint density at radius 2 is 1.96 bits per heavy atom. The minimum absolute atomic E-state index is 0.0870. The minimum atomic E-state index is -3.68. The average Bonchev–Trinajstić information content (AvgIpc) is 3.09. The van der Waals surface area contributed by atoms with Gasteiger partial charge in [0.25, 0.3) is 10.0 Å². The highest BCUT2D eigenvalue weighted by Gasteiger charge is 2.18. The molecule has 140 valence electrons. The third-order valence-electron chi connectivity index (χ3n) is 4.35. The molecule has 1 saturated heterocycles. The number of benzene rings is 1. The molecule has 0 radical (unpaired) electrons. The first-order valence-electron chi connectivity index (χ1n) is 8.47. The first-order valence-corrected chi connectivity index (χ1v) is 10.8. The van der Waals surface area contributed by atoms with E-state index in [1.165, 1.54) is 29.7 Å². The van der Waals surface area contributed by atoms with E-state index >= 15 is 0 Å². The van der Waals surface area contributed by atoms with Crippen molar-refractivity contribution < 1.29 is 13.2 Å². The van der Waals surface area contributed by atoms with Crippen LogP contribution in [0.5, 0.6) is 0 Å². The smallest absolute Gasteiger partial charge is 0.263 e. The van der Waals surface area contributed by atoms with Crippen LogP contribution in [0.3, 0.4) is 0 Å². The van der Waals surface area contributed by atoms with Crippen molar-refractivity contribution in [3.63, 3.8) is 0 Å². The number of piperidine rings is 1. The van der Waals surface area contributed by atoms with E-state index in [1.807, 2.05) is 0 Å². The summed E-state index contributed by atoms with van der Waals surface area (Å²) in [6.07, 6.45) is 3.77. The highest BCUT2D eigenvalue weighted by Crippen LogP contribution is 2.20. The van der Waals surface area contributed by atoms with Gasteiger partial charge in [0.2, 0.25) is 5.91 Å². The molecule has 2 heterocycles. The highest BCUT2D eigenvalue weighted by molar-refractivity contribution is 7.93. The van der Waals surface area contributed by atoms with Gasteiger partial charge in [-0.05, 0) is 56.1 Å². The summed E-state index contributed by atoms with van der Waals surface area (Å²) in [5.41, 5.74) is 0.577. The number of likely N-dealkylation sites (tertiary alicyclic amines) is 1. The molecule has 0 saturated carbocycles. The predicted octanol–water partition coefficient (Wildman–Crippen LogP) is 2.61. The summed E-state index contributed by atoms with van der Waals surface area (Å²) in [4.78, 5) is 18.3. The average molecular weight is 395 g/mol. The fourth-order valence-electron chi connectivity index (χ4n) is 2.79. The summed E-state index contributed by atoms with van der Waals surface area (Å²) < 4.78 is 27.0. The number of anilines is 2. The van der Waals surface area contributed by atoms with E-state index in [2.05, 4.69) is 26.8 Å². The Kier molecular flexibility index (Phi) is 5.90. The van der Waals surface area contributed by atoms with Crippen molar-refractivity contribution in [3.05, 3.63) is 35.8 Å². The van der Waals surface area contributed by atoms with Gasteiger partial charge in [-0.15, -0.1) is 11.3 Å². The largest absolute Gasteiger partial charge is 0.325 e. The number of rotatable bonds is 6. The van der Waals surface area contributed by atoms with E-state index in [0.29, 0.717) is 17.4 Å². The molecule has 2 N–H and O–H groups in total. The fourth-order valence-corrected chi connectivity index (χ4v) is 4.58. The number of hydrogen-bond acceptors (Lipinski definition) is 6. The maximum atomic E-state index is 12.3. The maximum absolute atomic E-state index is 12.3. The van der Waals surface area contributed by atoms with Crippen molar-refractivity contribution in [3.8, 4) is 0 Å². The van der Waals surface area contributed by atoms with Crippen LogP contribution in [0.2, 0.25) is 0 Å². The molecular weight excluding hydrogens is 372 g/mol. The number of thiazole rings is 1. The van der Waals surface area contributed by atoms with Gasteiger partial charge in [0.15, 0.2) is 5.13 Å². The zero-order chi connectivity index (χ0) is 18.6. The highest BCUT2D eigenvalue weighted by atomic mass is 32.2. The molecule has 1 fully saturated rings. The number of sulfonamides is 1. The lowest BCUT2D eigenvalue weighted by Gasteiger charge is -2.29. The van der Waals surface area contributed by atoms with Gasteiger partial charge in [-0.3, -0.25) is 14.4 Å². The van der Waals surface area contributed by atoms with Crippen molar-refractivity contribution in [2.24, 2.45) is 5.92 Å². The van der Waals surface area contributed by atoms with Gasteiger partial charge < -0.3 is 5.32 Å². The molecule has 9 heteroatoms. The van der Waals surface area contributed by atoms with Gasteiger partial charge >= 0.3 is 0 Å². The first kappa shape index (κ1) is 18.8. The van der Waals surface area contributed by atoms with E-state index in [4.69, 9.17) is 0 Å². The molecular formula is C17H22N4O3S2. The zero-order valence-electron chi connectivity index (χ0n) is 14.5. The summed E-state index contributed by atoms with van der Waals surface area (Å²) in [6, 6.07) is 6.11. The lowest BCUT2D eigenvalue weighted by atomic mass is 9.99. The maximum Gasteiger partial charge on any atom is 0.263 e. The molecule has 1 amide bonds. The van der Waals surface area contributed by atoms with Gasteiger partial charge in [-0.25, -0.2) is 13.4 Å². The molecule has 2 aromatic rings. The van der Waals surface area contributed by atoms with Gasteiger partial charge in [0.05, 0.1) is 11.4 Å². The Morgan fingerprint density at radius 3 is 2.58 bits per heavy atom. The van der Waals surface area contributed by atoms with Crippen LogP contribution >= 0.6 is 11.3 Å². The van der Waals surface area contributed by atoms with Crippen LogP contribution in [-0.2, 0) is 14.8 Å². The number of aromatic nitrogens is 1. The minimum Gasteiger partial charge on any atom is -0.325 e. The third kappa shape index (κ3) is 5.03. The van der Waals surface area contributed by atoms with Crippen molar-refractivity contribution in [2.75, 3.05) is 29.7 Å². The molecule has 1 aromatic carbocycles. The normalized spacial score (nSPS) is 16.3. The van der Waals surface area contributed by atoms with E-state index in [0.717, 1.165) is 31.8 Å². The Hall–Kier alpha value is -1.97. The molecule has 1 aliphatic rings. The molecule has 0 unspecified atom stereocenters. The Balaban J connectivity index is 1.56. The molecule has 0 bridgehead atoms. The van der Waals surface area contributed by atoms with E-state index < -0.39 is 10.0 Å². The summed E-state index contributed by atoms with van der Waals surface area (Å²) in [5.74, 6) is 0.637. The summed E-state index contributed by atoms with van der Waals surface area (Å²) in [7, 11) is -3.68. The SMILES string of the molecule is CC1CCN(CC(=O)Nc2ccc(S(=O)(=O)Nc3nccs3)cc2)CC1. The number of nitrogens with zero attached hydrogens (tertiary/aromatic N) is 2. The Labute approximate surface area is 157 Å². The second kappa shape index (κ2) is 8.15. The number of carbonyl (C=O) groups is 1. The molecule has 0 atom stereocenters. The second-order valence-electron chi connectivity index (χ2n) is 6.47. The Morgan fingerprint density at radius 1 is 1.27 bits per heavy atom. The summed E-state index contributed by atoms with van der Waals surface area (Å²) >= 11 is 1.21. The Bertz CT molecular complexity index is 827. The molecule has 3 rings (SSSR count). The summed E-state index contributed by atoms with van der Waals surface area (Å²) in [6.45, 7) is 4.47. The van der Waals surface area contributed by atoms with Crippen LogP contribution in [0, 0.1) is 5.92 Å². The summed E-state index contributed by atoms with van der Waals surface area (Å²) in [5, 5.41) is 4.83. The van der Waals surface area contributed by atoms with Crippen LogP contribution < -0.4 is 10.0 Å². The monoisotopic (exact) mass is 394 g/mol. The number of nitrogens with one attached hydrogen (secondary N) is 2. The van der Waals surface area contributed by atoms with Crippen LogP contribution in [-0.4, -0.2) is 43.8 Å². The van der Waals surface area contributed by atoms with Crippen molar-refractivity contribution in [1.29, 1.82) is 0 Å². The number of carbonyl (C=O) groups excluding carboxylic acids is 1. The number of amides is 1. The third-order valence-corrected chi connectivity index (χ3v) is 6.52.